The van der Waals surface area contributed by atoms with Crippen LogP contribution < -0.4 is 4.90 Å². The standard InChI is InChI=1S/C13H13BrN2O2/c14-10-2-1-3-11(8-10)16-6-4-13(9-15,5-7-16)12(17)18/h1-3,8H,4-7H2,(H,17,18). The number of benzene rings is 1. The van der Waals surface area contributed by atoms with Crippen LogP contribution in [0.5, 0.6) is 0 Å². The molecule has 1 aromatic carbocycles. The van der Waals surface area contributed by atoms with Crippen molar-refractivity contribution in [3.05, 3.63) is 28.7 Å². The zero-order valence-corrected chi connectivity index (χ0v) is 11.4. The predicted octanol–water partition coefficient (Wildman–Crippen LogP) is 2.64. The Bertz CT molecular complexity index is 502. The summed E-state index contributed by atoms with van der Waals surface area (Å²) < 4.78 is 0.996. The van der Waals surface area contributed by atoms with Gasteiger partial charge in [-0.05, 0) is 31.0 Å². The molecule has 1 aliphatic rings. The van der Waals surface area contributed by atoms with E-state index < -0.39 is 11.4 Å². The third-order valence-electron chi connectivity index (χ3n) is 3.41. The zero-order valence-electron chi connectivity index (χ0n) is 9.77. The maximum atomic E-state index is 11.2. The molecule has 0 saturated carbocycles. The molecule has 94 valence electrons. The van der Waals surface area contributed by atoms with Crippen LogP contribution in [0.1, 0.15) is 12.8 Å². The second-order valence-corrected chi connectivity index (χ2v) is 5.38. The number of nitrogens with zero attached hydrogens (tertiary/aromatic N) is 2. The minimum absolute atomic E-state index is 0.366. The lowest BCUT2D eigenvalue weighted by atomic mass is 9.80. The highest BCUT2D eigenvalue weighted by Gasteiger charge is 2.42. The molecule has 0 unspecified atom stereocenters. The Morgan fingerprint density at radius 2 is 2.11 bits per heavy atom. The molecule has 18 heavy (non-hydrogen) atoms. The van der Waals surface area contributed by atoms with Gasteiger partial charge in [0.2, 0.25) is 0 Å². The van der Waals surface area contributed by atoms with Gasteiger partial charge >= 0.3 is 5.97 Å². The number of carboxylic acids is 1. The molecule has 0 spiro atoms. The second-order valence-electron chi connectivity index (χ2n) is 4.47. The number of anilines is 1. The number of hydrogen-bond donors (Lipinski definition) is 1. The van der Waals surface area contributed by atoms with Gasteiger partial charge in [0.25, 0.3) is 0 Å². The van der Waals surface area contributed by atoms with Crippen molar-refractivity contribution in [2.24, 2.45) is 5.41 Å². The van der Waals surface area contributed by atoms with E-state index >= 15 is 0 Å². The third-order valence-corrected chi connectivity index (χ3v) is 3.91. The fraction of sp³-hybridized carbons (Fsp3) is 0.385. The molecule has 0 radical (unpaired) electrons. The molecule has 4 nitrogen and oxygen atoms in total. The smallest absolute Gasteiger partial charge is 0.324 e. The Balaban J connectivity index is 2.12. The summed E-state index contributed by atoms with van der Waals surface area (Å²) in [6.07, 6.45) is 0.733. The van der Waals surface area contributed by atoms with E-state index in [1.807, 2.05) is 30.3 Å². The summed E-state index contributed by atoms with van der Waals surface area (Å²) in [7, 11) is 0. The lowest BCUT2D eigenvalue weighted by Gasteiger charge is -2.36. The number of aliphatic carboxylic acids is 1. The van der Waals surface area contributed by atoms with Crippen molar-refractivity contribution in [1.29, 1.82) is 5.26 Å². The van der Waals surface area contributed by atoms with Crippen molar-refractivity contribution in [3.8, 4) is 6.07 Å². The summed E-state index contributed by atoms with van der Waals surface area (Å²) in [4.78, 5) is 13.3. The number of rotatable bonds is 2. The van der Waals surface area contributed by atoms with Crippen molar-refractivity contribution >= 4 is 27.6 Å². The number of halogens is 1. The molecular weight excluding hydrogens is 296 g/mol. The van der Waals surface area contributed by atoms with Crippen LogP contribution in [0.3, 0.4) is 0 Å². The van der Waals surface area contributed by atoms with Gasteiger partial charge in [0.15, 0.2) is 5.41 Å². The van der Waals surface area contributed by atoms with E-state index in [0.29, 0.717) is 25.9 Å². The molecule has 0 aliphatic carbocycles. The van der Waals surface area contributed by atoms with Crippen molar-refractivity contribution in [2.45, 2.75) is 12.8 Å². The molecule has 5 heteroatoms. The highest BCUT2D eigenvalue weighted by atomic mass is 79.9. The average molecular weight is 309 g/mol. The Hall–Kier alpha value is -1.54. The van der Waals surface area contributed by atoms with E-state index in [2.05, 4.69) is 20.8 Å². The predicted molar refractivity (Wildman–Crippen MR) is 71.3 cm³/mol. The van der Waals surface area contributed by atoms with Gasteiger partial charge in [0, 0.05) is 23.2 Å². The Morgan fingerprint density at radius 3 is 2.61 bits per heavy atom. The molecule has 0 atom stereocenters. The first-order valence-corrected chi connectivity index (χ1v) is 6.52. The van der Waals surface area contributed by atoms with Gasteiger partial charge in [0.1, 0.15) is 0 Å². The van der Waals surface area contributed by atoms with Crippen LogP contribution in [0, 0.1) is 16.7 Å². The van der Waals surface area contributed by atoms with Crippen LogP contribution in [-0.4, -0.2) is 24.2 Å². The van der Waals surface area contributed by atoms with Gasteiger partial charge in [0.05, 0.1) is 6.07 Å². The van der Waals surface area contributed by atoms with Crippen LogP contribution in [0.2, 0.25) is 0 Å². The highest BCUT2D eigenvalue weighted by molar-refractivity contribution is 9.10. The number of hydrogen-bond acceptors (Lipinski definition) is 3. The van der Waals surface area contributed by atoms with Gasteiger partial charge in [-0.3, -0.25) is 4.79 Å². The second kappa shape index (κ2) is 4.99. The lowest BCUT2D eigenvalue weighted by molar-refractivity contribution is -0.146. The van der Waals surface area contributed by atoms with E-state index in [-0.39, 0.29) is 0 Å². The molecule has 1 aromatic rings. The summed E-state index contributed by atoms with van der Waals surface area (Å²) in [6.45, 7) is 1.19. The van der Waals surface area contributed by atoms with Gasteiger partial charge in [-0.2, -0.15) is 5.26 Å². The summed E-state index contributed by atoms with van der Waals surface area (Å²) in [5.74, 6) is -1.00. The molecule has 1 N–H and O–H groups in total. The first kappa shape index (κ1) is 12.9. The molecule has 1 fully saturated rings. The van der Waals surface area contributed by atoms with E-state index in [1.165, 1.54) is 0 Å². The first-order chi connectivity index (χ1) is 8.57. The largest absolute Gasteiger partial charge is 0.480 e. The molecule has 0 aromatic heterocycles. The van der Waals surface area contributed by atoms with Gasteiger partial charge in [-0.25, -0.2) is 0 Å². The molecule has 2 rings (SSSR count). The lowest BCUT2D eigenvalue weighted by Crippen LogP contribution is -2.43. The highest BCUT2D eigenvalue weighted by Crippen LogP contribution is 2.33. The monoisotopic (exact) mass is 308 g/mol. The Kier molecular flexibility index (Phi) is 3.58. The van der Waals surface area contributed by atoms with Crippen molar-refractivity contribution in [1.82, 2.24) is 0 Å². The van der Waals surface area contributed by atoms with Gasteiger partial charge in [-0.1, -0.05) is 22.0 Å². The van der Waals surface area contributed by atoms with E-state index in [4.69, 9.17) is 10.4 Å². The van der Waals surface area contributed by atoms with Crippen LogP contribution >= 0.6 is 15.9 Å². The van der Waals surface area contributed by atoms with Gasteiger partial charge in [-0.15, -0.1) is 0 Å². The topological polar surface area (TPSA) is 64.3 Å². The fourth-order valence-electron chi connectivity index (χ4n) is 2.19. The number of carboxylic acid groups (broad SMARTS) is 1. The van der Waals surface area contributed by atoms with E-state index in [9.17, 15) is 4.79 Å². The quantitative estimate of drug-likeness (QED) is 0.912. The van der Waals surface area contributed by atoms with Crippen LogP contribution in [-0.2, 0) is 4.79 Å². The van der Waals surface area contributed by atoms with Crippen LogP contribution in [0.15, 0.2) is 28.7 Å². The third kappa shape index (κ3) is 2.34. The number of piperidine rings is 1. The maximum Gasteiger partial charge on any atom is 0.324 e. The zero-order chi connectivity index (χ0) is 13.2. The molecule has 0 amide bonds. The average Bonchev–Trinajstić information content (AvgIpc) is 2.38. The van der Waals surface area contributed by atoms with E-state index in [0.717, 1.165) is 10.2 Å². The van der Waals surface area contributed by atoms with Crippen molar-refractivity contribution in [3.63, 3.8) is 0 Å². The maximum absolute atomic E-state index is 11.2. The number of nitriles is 1. The fourth-order valence-corrected chi connectivity index (χ4v) is 2.58. The molecule has 0 bridgehead atoms. The summed E-state index contributed by atoms with van der Waals surface area (Å²) >= 11 is 3.41. The van der Waals surface area contributed by atoms with Crippen LogP contribution in [0.4, 0.5) is 5.69 Å². The summed E-state index contributed by atoms with van der Waals surface area (Å²) in [5.41, 5.74) is -0.149. The molecule has 1 aliphatic heterocycles. The van der Waals surface area contributed by atoms with E-state index in [1.54, 1.807) is 0 Å². The number of carbonyl (C=O) groups is 1. The minimum atomic E-state index is -1.21. The van der Waals surface area contributed by atoms with Gasteiger partial charge < -0.3 is 10.0 Å². The molecule has 1 saturated heterocycles. The summed E-state index contributed by atoms with van der Waals surface area (Å²) in [6, 6.07) is 9.85. The molecule has 1 heterocycles. The Morgan fingerprint density at radius 1 is 1.44 bits per heavy atom. The van der Waals surface area contributed by atoms with Crippen molar-refractivity contribution < 1.29 is 9.90 Å². The SMILES string of the molecule is N#CC1(C(=O)O)CCN(c2cccc(Br)c2)CC1. The first-order valence-electron chi connectivity index (χ1n) is 5.72. The summed E-state index contributed by atoms with van der Waals surface area (Å²) in [5, 5.41) is 18.2. The molecular formula is C13H13BrN2O2. The van der Waals surface area contributed by atoms with Crippen LogP contribution in [0.25, 0.3) is 0 Å². The van der Waals surface area contributed by atoms with Crippen molar-refractivity contribution in [2.75, 3.05) is 18.0 Å². The Labute approximate surface area is 114 Å². The minimum Gasteiger partial charge on any atom is -0.480 e. The normalized spacial score (nSPS) is 18.1.